The summed E-state index contributed by atoms with van der Waals surface area (Å²) in [5.74, 6) is 0.205. The minimum absolute atomic E-state index is 0.205. The Labute approximate surface area is 124 Å². The summed E-state index contributed by atoms with van der Waals surface area (Å²) in [6.07, 6.45) is 2.24. The topological polar surface area (TPSA) is 30.0 Å². The number of nitrogens with zero attached hydrogens (tertiary/aromatic N) is 1. The summed E-state index contributed by atoms with van der Waals surface area (Å²) < 4.78 is 0. The maximum atomic E-state index is 12.0. The molecule has 2 heteroatoms. The summed E-state index contributed by atoms with van der Waals surface area (Å²) in [7, 11) is 0. The van der Waals surface area contributed by atoms with Crippen molar-refractivity contribution in [3.05, 3.63) is 78.0 Å². The summed E-state index contributed by atoms with van der Waals surface area (Å²) in [5, 5.41) is 1.15. The Morgan fingerprint density at radius 2 is 1.62 bits per heavy atom. The Balaban J connectivity index is 1.60. The lowest BCUT2D eigenvalue weighted by atomic mass is 10.0. The van der Waals surface area contributed by atoms with E-state index < -0.39 is 0 Å². The van der Waals surface area contributed by atoms with E-state index in [1.165, 1.54) is 0 Å². The zero-order valence-electron chi connectivity index (χ0n) is 11.8. The molecule has 0 aliphatic rings. The van der Waals surface area contributed by atoms with Crippen LogP contribution in [0, 0.1) is 0 Å². The number of rotatable bonds is 5. The third-order valence-electron chi connectivity index (χ3n) is 3.59. The van der Waals surface area contributed by atoms with Crippen LogP contribution in [0.2, 0.25) is 0 Å². The van der Waals surface area contributed by atoms with Crippen LogP contribution in [0.15, 0.2) is 66.7 Å². The standard InChI is InChI=1S/C19H17NO/c21-19(16-8-2-1-3-9-16)12-6-10-17-14-13-15-7-4-5-11-18(15)20-17/h1-5,7-9,11,13-14H,6,10,12H2. The first-order valence-corrected chi connectivity index (χ1v) is 7.26. The molecule has 0 spiro atoms. The molecule has 0 saturated heterocycles. The van der Waals surface area contributed by atoms with E-state index in [4.69, 9.17) is 0 Å². The van der Waals surface area contributed by atoms with E-state index in [-0.39, 0.29) is 5.78 Å². The van der Waals surface area contributed by atoms with E-state index in [0.717, 1.165) is 35.0 Å². The molecule has 0 aliphatic carbocycles. The Morgan fingerprint density at radius 3 is 2.48 bits per heavy atom. The summed E-state index contributed by atoms with van der Waals surface area (Å²) in [6.45, 7) is 0. The van der Waals surface area contributed by atoms with E-state index in [2.05, 4.69) is 23.2 Å². The van der Waals surface area contributed by atoms with Crippen molar-refractivity contribution in [2.75, 3.05) is 0 Å². The van der Waals surface area contributed by atoms with Gasteiger partial charge >= 0.3 is 0 Å². The first kappa shape index (κ1) is 13.5. The second kappa shape index (κ2) is 6.31. The first-order valence-electron chi connectivity index (χ1n) is 7.26. The second-order valence-corrected chi connectivity index (χ2v) is 5.14. The van der Waals surface area contributed by atoms with Crippen LogP contribution in [0.1, 0.15) is 28.9 Å². The number of hydrogen-bond acceptors (Lipinski definition) is 2. The van der Waals surface area contributed by atoms with Crippen molar-refractivity contribution in [3.8, 4) is 0 Å². The van der Waals surface area contributed by atoms with E-state index in [1.807, 2.05) is 48.5 Å². The van der Waals surface area contributed by atoms with Gasteiger partial charge in [0.2, 0.25) is 0 Å². The highest BCUT2D eigenvalue weighted by Crippen LogP contribution is 2.14. The van der Waals surface area contributed by atoms with Gasteiger partial charge in [0.05, 0.1) is 5.52 Å². The number of ketones is 1. The smallest absolute Gasteiger partial charge is 0.162 e. The molecule has 0 atom stereocenters. The van der Waals surface area contributed by atoms with Crippen molar-refractivity contribution >= 4 is 16.7 Å². The van der Waals surface area contributed by atoms with Crippen LogP contribution in [-0.4, -0.2) is 10.8 Å². The lowest BCUT2D eigenvalue weighted by molar-refractivity contribution is 0.0980. The van der Waals surface area contributed by atoms with Crippen molar-refractivity contribution < 1.29 is 4.79 Å². The Bertz CT molecular complexity index is 750. The predicted molar refractivity (Wildman–Crippen MR) is 85.5 cm³/mol. The number of Topliss-reactive ketones (excluding diaryl/α,β-unsaturated/α-hetero) is 1. The van der Waals surface area contributed by atoms with Crippen LogP contribution in [-0.2, 0) is 6.42 Å². The van der Waals surface area contributed by atoms with E-state index in [1.54, 1.807) is 0 Å². The lowest BCUT2D eigenvalue weighted by Gasteiger charge is -2.03. The number of benzene rings is 2. The molecule has 3 aromatic rings. The van der Waals surface area contributed by atoms with E-state index in [9.17, 15) is 4.79 Å². The van der Waals surface area contributed by atoms with Gasteiger partial charge in [-0.3, -0.25) is 9.78 Å². The van der Waals surface area contributed by atoms with Gasteiger partial charge in [-0.15, -0.1) is 0 Å². The van der Waals surface area contributed by atoms with Crippen LogP contribution >= 0.6 is 0 Å². The summed E-state index contributed by atoms with van der Waals surface area (Å²) in [6, 6.07) is 21.7. The van der Waals surface area contributed by atoms with Crippen LogP contribution in [0.3, 0.4) is 0 Å². The average Bonchev–Trinajstić information content (AvgIpc) is 2.55. The van der Waals surface area contributed by atoms with Crippen molar-refractivity contribution in [2.24, 2.45) is 0 Å². The number of carbonyl (C=O) groups is 1. The number of aryl methyl sites for hydroxylation is 1. The summed E-state index contributed by atoms with van der Waals surface area (Å²) >= 11 is 0. The maximum Gasteiger partial charge on any atom is 0.162 e. The van der Waals surface area contributed by atoms with Gasteiger partial charge in [0, 0.05) is 23.1 Å². The van der Waals surface area contributed by atoms with Crippen LogP contribution < -0.4 is 0 Å². The van der Waals surface area contributed by atoms with Gasteiger partial charge in [0.25, 0.3) is 0 Å². The number of carbonyl (C=O) groups excluding carboxylic acids is 1. The van der Waals surface area contributed by atoms with E-state index in [0.29, 0.717) is 6.42 Å². The molecule has 0 radical (unpaired) electrons. The van der Waals surface area contributed by atoms with Gasteiger partial charge in [-0.05, 0) is 25.0 Å². The summed E-state index contributed by atoms with van der Waals surface area (Å²) in [5.41, 5.74) is 2.86. The third-order valence-corrected chi connectivity index (χ3v) is 3.59. The second-order valence-electron chi connectivity index (χ2n) is 5.14. The molecular formula is C19H17NO. The van der Waals surface area contributed by atoms with Gasteiger partial charge < -0.3 is 0 Å². The molecule has 104 valence electrons. The third kappa shape index (κ3) is 3.34. The Kier molecular flexibility index (Phi) is 4.06. The Hall–Kier alpha value is -2.48. The fourth-order valence-corrected chi connectivity index (χ4v) is 2.45. The molecular weight excluding hydrogens is 258 g/mol. The zero-order valence-corrected chi connectivity index (χ0v) is 11.8. The molecule has 0 amide bonds. The fourth-order valence-electron chi connectivity index (χ4n) is 2.45. The molecule has 3 rings (SSSR count). The van der Waals surface area contributed by atoms with Gasteiger partial charge in [-0.2, -0.15) is 0 Å². The number of fused-ring (bicyclic) bond motifs is 1. The predicted octanol–water partition coefficient (Wildman–Crippen LogP) is 4.44. The van der Waals surface area contributed by atoms with Crippen molar-refractivity contribution in [3.63, 3.8) is 0 Å². The highest BCUT2D eigenvalue weighted by atomic mass is 16.1. The quantitative estimate of drug-likeness (QED) is 0.644. The molecule has 0 N–H and O–H groups in total. The van der Waals surface area contributed by atoms with Crippen molar-refractivity contribution in [1.82, 2.24) is 4.98 Å². The first-order chi connectivity index (χ1) is 10.3. The summed E-state index contributed by atoms with van der Waals surface area (Å²) in [4.78, 5) is 16.7. The number of para-hydroxylation sites is 1. The molecule has 2 nitrogen and oxygen atoms in total. The van der Waals surface area contributed by atoms with Gasteiger partial charge in [0.1, 0.15) is 0 Å². The minimum Gasteiger partial charge on any atom is -0.294 e. The zero-order chi connectivity index (χ0) is 14.5. The molecule has 0 bridgehead atoms. The SMILES string of the molecule is O=C(CCCc1ccc2ccccc2n1)c1ccccc1. The largest absolute Gasteiger partial charge is 0.294 e. The molecule has 0 unspecified atom stereocenters. The van der Waals surface area contributed by atoms with Gasteiger partial charge in [-0.1, -0.05) is 54.6 Å². The highest BCUT2D eigenvalue weighted by Gasteiger charge is 2.05. The van der Waals surface area contributed by atoms with Crippen LogP contribution in [0.25, 0.3) is 10.9 Å². The fraction of sp³-hybridized carbons (Fsp3) is 0.158. The monoisotopic (exact) mass is 275 g/mol. The van der Waals surface area contributed by atoms with Crippen molar-refractivity contribution in [2.45, 2.75) is 19.3 Å². The molecule has 1 aromatic heterocycles. The maximum absolute atomic E-state index is 12.0. The number of hydrogen-bond donors (Lipinski definition) is 0. The molecule has 2 aromatic carbocycles. The van der Waals surface area contributed by atoms with E-state index >= 15 is 0 Å². The number of pyridine rings is 1. The average molecular weight is 275 g/mol. The molecule has 0 saturated carbocycles. The number of aromatic nitrogens is 1. The molecule has 1 heterocycles. The van der Waals surface area contributed by atoms with Crippen LogP contribution in [0.4, 0.5) is 0 Å². The minimum atomic E-state index is 0.205. The molecule has 0 fully saturated rings. The van der Waals surface area contributed by atoms with Gasteiger partial charge in [0.15, 0.2) is 5.78 Å². The highest BCUT2D eigenvalue weighted by molar-refractivity contribution is 5.95. The lowest BCUT2D eigenvalue weighted by Crippen LogP contribution is -2.00. The van der Waals surface area contributed by atoms with Gasteiger partial charge in [-0.25, -0.2) is 0 Å². The van der Waals surface area contributed by atoms with Crippen molar-refractivity contribution in [1.29, 1.82) is 0 Å². The Morgan fingerprint density at radius 1 is 0.857 bits per heavy atom. The molecule has 21 heavy (non-hydrogen) atoms. The van der Waals surface area contributed by atoms with Crippen LogP contribution in [0.5, 0.6) is 0 Å². The molecule has 0 aliphatic heterocycles. The normalized spacial score (nSPS) is 10.7.